The van der Waals surface area contributed by atoms with Crippen molar-refractivity contribution in [2.75, 3.05) is 26.7 Å². The summed E-state index contributed by atoms with van der Waals surface area (Å²) in [5.74, 6) is 6.46. The number of hydrogen-bond donors (Lipinski definition) is 1. The first-order chi connectivity index (χ1) is 16.3. The molecule has 1 aliphatic rings. The third-order valence-electron chi connectivity index (χ3n) is 6.06. The van der Waals surface area contributed by atoms with Gasteiger partial charge >= 0.3 is 0 Å². The third-order valence-corrected chi connectivity index (χ3v) is 8.08. The fourth-order valence-corrected chi connectivity index (χ4v) is 5.90. The van der Waals surface area contributed by atoms with E-state index in [1.807, 2.05) is 32.2 Å². The van der Waals surface area contributed by atoms with Crippen molar-refractivity contribution >= 4 is 10.0 Å². The molecule has 34 heavy (non-hydrogen) atoms. The van der Waals surface area contributed by atoms with Crippen LogP contribution in [0.5, 0.6) is 5.75 Å². The lowest BCUT2D eigenvalue weighted by Crippen LogP contribution is -2.49. The number of likely N-dealkylation sites (N-methyl/N-ethyl adjacent to an activating group) is 1. The smallest absolute Gasteiger partial charge is 0.247 e. The molecule has 0 unspecified atom stereocenters. The Morgan fingerprint density at radius 2 is 1.97 bits per heavy atom. The summed E-state index contributed by atoms with van der Waals surface area (Å²) in [5, 5.41) is 9.79. The molecule has 7 heteroatoms. The van der Waals surface area contributed by atoms with Gasteiger partial charge in [0.25, 0.3) is 0 Å². The summed E-state index contributed by atoms with van der Waals surface area (Å²) in [6.45, 7) is 7.21. The van der Waals surface area contributed by atoms with Gasteiger partial charge in [-0.15, -0.1) is 0 Å². The van der Waals surface area contributed by atoms with Crippen LogP contribution in [-0.4, -0.2) is 61.6 Å². The summed E-state index contributed by atoms with van der Waals surface area (Å²) in [6, 6.07) is 14.7. The van der Waals surface area contributed by atoms with E-state index < -0.39 is 16.1 Å². The Bertz CT molecular complexity index is 1110. The second kappa shape index (κ2) is 11.9. The number of sulfonamides is 1. The van der Waals surface area contributed by atoms with Crippen LogP contribution in [0.2, 0.25) is 0 Å². The number of hydrogen-bond acceptors (Lipinski definition) is 5. The van der Waals surface area contributed by atoms with Crippen molar-refractivity contribution < 1.29 is 18.3 Å². The Balaban J connectivity index is 1.97. The highest BCUT2D eigenvalue weighted by atomic mass is 32.2. The minimum atomic E-state index is -3.84. The summed E-state index contributed by atoms with van der Waals surface area (Å²) in [5.41, 5.74) is 1.93. The van der Waals surface area contributed by atoms with E-state index in [1.165, 1.54) is 9.87 Å². The molecule has 0 bridgehead atoms. The van der Waals surface area contributed by atoms with Gasteiger partial charge in [-0.25, -0.2) is 8.42 Å². The molecule has 6 nitrogen and oxygen atoms in total. The van der Waals surface area contributed by atoms with Crippen molar-refractivity contribution in [2.45, 2.75) is 57.2 Å². The Hall–Kier alpha value is -2.37. The Kier molecular flexibility index (Phi) is 9.15. The highest BCUT2D eigenvalue weighted by Crippen LogP contribution is 2.34. The number of ether oxygens (including phenoxy) is 1. The van der Waals surface area contributed by atoms with Crippen molar-refractivity contribution in [3.8, 4) is 17.6 Å². The maximum absolute atomic E-state index is 13.6. The first kappa shape index (κ1) is 26.2. The highest BCUT2D eigenvalue weighted by molar-refractivity contribution is 7.89. The molecule has 3 atom stereocenters. The van der Waals surface area contributed by atoms with E-state index in [4.69, 9.17) is 4.74 Å². The van der Waals surface area contributed by atoms with Gasteiger partial charge < -0.3 is 9.84 Å². The van der Waals surface area contributed by atoms with Gasteiger partial charge in [0.05, 0.1) is 6.61 Å². The van der Waals surface area contributed by atoms with E-state index in [-0.39, 0.29) is 30.1 Å². The molecule has 1 heterocycles. The molecule has 3 rings (SSSR count). The van der Waals surface area contributed by atoms with Gasteiger partial charge in [0.1, 0.15) is 16.7 Å². The van der Waals surface area contributed by atoms with E-state index in [2.05, 4.69) is 35.8 Å². The van der Waals surface area contributed by atoms with Crippen molar-refractivity contribution in [1.29, 1.82) is 0 Å². The van der Waals surface area contributed by atoms with E-state index in [0.717, 1.165) is 24.9 Å². The van der Waals surface area contributed by atoms with Crippen molar-refractivity contribution in [3.63, 3.8) is 0 Å². The second-order valence-electron chi connectivity index (χ2n) is 9.14. The van der Waals surface area contributed by atoms with Crippen LogP contribution >= 0.6 is 0 Å². The minimum Gasteiger partial charge on any atom is -0.487 e. The number of fused-ring (bicyclic) bond motifs is 1. The minimum absolute atomic E-state index is 0.0926. The van der Waals surface area contributed by atoms with Crippen LogP contribution < -0.4 is 4.74 Å². The van der Waals surface area contributed by atoms with Crippen LogP contribution in [0.4, 0.5) is 0 Å². The zero-order valence-electron chi connectivity index (χ0n) is 20.6. The Morgan fingerprint density at radius 3 is 2.65 bits per heavy atom. The zero-order valence-corrected chi connectivity index (χ0v) is 21.4. The van der Waals surface area contributed by atoms with E-state index in [9.17, 15) is 13.5 Å². The van der Waals surface area contributed by atoms with Crippen LogP contribution in [0.1, 0.15) is 44.7 Å². The summed E-state index contributed by atoms with van der Waals surface area (Å²) < 4.78 is 34.9. The predicted molar refractivity (Wildman–Crippen MR) is 135 cm³/mol. The van der Waals surface area contributed by atoms with Crippen molar-refractivity contribution in [3.05, 3.63) is 59.7 Å². The maximum Gasteiger partial charge on any atom is 0.247 e. The number of nitrogens with zero attached hydrogens (tertiary/aromatic N) is 2. The number of benzene rings is 2. The Labute approximate surface area is 204 Å². The molecule has 184 valence electrons. The fraction of sp³-hybridized carbons (Fsp3) is 0.481. The predicted octanol–water partition coefficient (Wildman–Crippen LogP) is 3.74. The molecule has 0 radical (unpaired) electrons. The number of aliphatic hydroxyl groups is 1. The van der Waals surface area contributed by atoms with E-state index in [0.29, 0.717) is 12.3 Å². The van der Waals surface area contributed by atoms with Gasteiger partial charge in [0, 0.05) is 43.6 Å². The molecule has 0 fully saturated rings. The number of rotatable bonds is 7. The monoisotopic (exact) mass is 484 g/mol. The molecular weight excluding hydrogens is 448 g/mol. The van der Waals surface area contributed by atoms with Crippen LogP contribution in [0.3, 0.4) is 0 Å². The average molecular weight is 485 g/mol. The zero-order chi connectivity index (χ0) is 24.7. The first-order valence-corrected chi connectivity index (χ1v) is 13.3. The fourth-order valence-electron chi connectivity index (χ4n) is 4.08. The van der Waals surface area contributed by atoms with Gasteiger partial charge in [-0.1, -0.05) is 56.0 Å². The van der Waals surface area contributed by atoms with Gasteiger partial charge in [-0.3, -0.25) is 4.90 Å². The molecule has 0 aliphatic carbocycles. The lowest BCUT2D eigenvalue weighted by Gasteiger charge is -2.37. The molecule has 0 saturated carbocycles. The van der Waals surface area contributed by atoms with Gasteiger partial charge in [-0.2, -0.15) is 4.31 Å². The van der Waals surface area contributed by atoms with Gasteiger partial charge in [-0.05, 0) is 44.2 Å². The SMILES string of the molecule is CCCC#Cc1ccc2c(c1)O[C@H](CN(C)Cc1ccccc1)[C@@H](C)CN([C@@H](C)CO)S2(=O)=O. The van der Waals surface area contributed by atoms with Crippen LogP contribution in [-0.2, 0) is 16.6 Å². The largest absolute Gasteiger partial charge is 0.487 e. The molecular formula is C27H36N2O4S. The molecule has 0 amide bonds. The summed E-state index contributed by atoms with van der Waals surface area (Å²) in [7, 11) is -1.80. The molecule has 2 aromatic rings. The van der Waals surface area contributed by atoms with Gasteiger partial charge in [0.15, 0.2) is 0 Å². The summed E-state index contributed by atoms with van der Waals surface area (Å²) in [6.07, 6.45) is 1.50. The van der Waals surface area contributed by atoms with E-state index >= 15 is 0 Å². The lowest BCUT2D eigenvalue weighted by atomic mass is 10.0. The molecule has 0 saturated heterocycles. The quantitative estimate of drug-likeness (QED) is 0.607. The normalized spacial score (nSPS) is 20.9. The van der Waals surface area contributed by atoms with Crippen LogP contribution in [0.15, 0.2) is 53.4 Å². The van der Waals surface area contributed by atoms with Crippen molar-refractivity contribution in [2.24, 2.45) is 5.92 Å². The summed E-state index contributed by atoms with van der Waals surface area (Å²) >= 11 is 0. The highest BCUT2D eigenvalue weighted by Gasteiger charge is 2.38. The second-order valence-corrected chi connectivity index (χ2v) is 11.0. The molecule has 2 aromatic carbocycles. The standard InChI is InChI=1S/C27H36N2O4S/c1-5-6-8-11-23-14-15-27-25(16-23)33-26(19-28(4)18-24-12-9-7-10-13-24)21(2)17-29(22(3)20-30)34(27,31)32/h7,9-10,12-16,21-22,26,30H,5-6,17-20H2,1-4H3/t21-,22-,26+/m0/s1. The number of aliphatic hydroxyl groups excluding tert-OH is 1. The van der Waals surface area contributed by atoms with Crippen LogP contribution in [0.25, 0.3) is 0 Å². The van der Waals surface area contributed by atoms with Gasteiger partial charge in [0.2, 0.25) is 10.0 Å². The molecule has 1 aliphatic heterocycles. The molecule has 0 aromatic heterocycles. The van der Waals surface area contributed by atoms with Crippen molar-refractivity contribution in [1.82, 2.24) is 9.21 Å². The molecule has 1 N–H and O–H groups in total. The third kappa shape index (κ3) is 6.39. The van der Waals surface area contributed by atoms with Crippen LogP contribution in [0, 0.1) is 17.8 Å². The van der Waals surface area contributed by atoms with E-state index in [1.54, 1.807) is 25.1 Å². The maximum atomic E-state index is 13.6. The number of unbranched alkanes of at least 4 members (excludes halogenated alkanes) is 1. The average Bonchev–Trinajstić information content (AvgIpc) is 2.81. The lowest BCUT2D eigenvalue weighted by molar-refractivity contribution is 0.0733. The summed E-state index contributed by atoms with van der Waals surface area (Å²) in [4.78, 5) is 2.31. The topological polar surface area (TPSA) is 70.1 Å². The Morgan fingerprint density at radius 1 is 1.24 bits per heavy atom. The molecule has 0 spiro atoms. The first-order valence-electron chi connectivity index (χ1n) is 11.9.